The van der Waals surface area contributed by atoms with Gasteiger partial charge < -0.3 is 14.9 Å². The van der Waals surface area contributed by atoms with Crippen LogP contribution in [0.2, 0.25) is 0 Å². The number of benzene rings is 1. The summed E-state index contributed by atoms with van der Waals surface area (Å²) in [5, 5.41) is 21.3. The topological polar surface area (TPSA) is 49.7 Å². The van der Waals surface area contributed by atoms with Crippen molar-refractivity contribution in [3.8, 4) is 11.5 Å². The minimum atomic E-state index is -0.456. The predicted molar refractivity (Wildman–Crippen MR) is 96.7 cm³/mol. The van der Waals surface area contributed by atoms with Gasteiger partial charge in [0.2, 0.25) is 0 Å². The molecule has 3 unspecified atom stereocenters. The summed E-state index contributed by atoms with van der Waals surface area (Å²) in [5.74, 6) is 1.07. The number of hydrogen-bond acceptors (Lipinski definition) is 3. The average Bonchev–Trinajstić information content (AvgIpc) is 2.44. The minimum absolute atomic E-state index is 0.0113. The van der Waals surface area contributed by atoms with Crippen molar-refractivity contribution >= 4 is 0 Å². The van der Waals surface area contributed by atoms with Crippen LogP contribution in [0, 0.1) is 5.92 Å². The van der Waals surface area contributed by atoms with Crippen molar-refractivity contribution in [1.29, 1.82) is 0 Å². The Morgan fingerprint density at radius 1 is 1.25 bits per heavy atom. The van der Waals surface area contributed by atoms with E-state index in [0.29, 0.717) is 12.2 Å². The third-order valence-corrected chi connectivity index (χ3v) is 5.55. The zero-order valence-corrected chi connectivity index (χ0v) is 15.3. The molecule has 1 aromatic rings. The SMILES string of the molecule is CCCCCc1cc(O)c2c(c1)OC(C)(C)C1C(O)CC(C)=CC21. The molecule has 0 spiro atoms. The summed E-state index contributed by atoms with van der Waals surface area (Å²) in [6, 6.07) is 3.98. The van der Waals surface area contributed by atoms with E-state index < -0.39 is 11.7 Å². The van der Waals surface area contributed by atoms with Crippen molar-refractivity contribution < 1.29 is 14.9 Å². The number of aryl methyl sites for hydroxylation is 1. The number of aliphatic hydroxyl groups excluding tert-OH is 1. The quantitative estimate of drug-likeness (QED) is 0.621. The smallest absolute Gasteiger partial charge is 0.127 e. The highest BCUT2D eigenvalue weighted by atomic mass is 16.5. The number of phenols is 1. The van der Waals surface area contributed by atoms with Gasteiger partial charge >= 0.3 is 0 Å². The van der Waals surface area contributed by atoms with Crippen molar-refractivity contribution in [2.45, 2.75) is 77.4 Å². The van der Waals surface area contributed by atoms with Crippen molar-refractivity contribution in [1.82, 2.24) is 0 Å². The minimum Gasteiger partial charge on any atom is -0.507 e. The highest BCUT2D eigenvalue weighted by Gasteiger charge is 2.49. The summed E-state index contributed by atoms with van der Waals surface area (Å²) in [7, 11) is 0. The van der Waals surface area contributed by atoms with Crippen LogP contribution in [-0.2, 0) is 6.42 Å². The summed E-state index contributed by atoms with van der Waals surface area (Å²) in [5.41, 5.74) is 2.70. The van der Waals surface area contributed by atoms with Crippen LogP contribution < -0.4 is 4.74 Å². The molecule has 1 aliphatic carbocycles. The number of aromatic hydroxyl groups is 1. The van der Waals surface area contributed by atoms with Gasteiger partial charge in [-0.1, -0.05) is 31.4 Å². The summed E-state index contributed by atoms with van der Waals surface area (Å²) < 4.78 is 6.27. The largest absolute Gasteiger partial charge is 0.507 e. The number of rotatable bonds is 4. The molecule has 1 heterocycles. The summed E-state index contributed by atoms with van der Waals surface area (Å²) in [6.45, 7) is 8.34. The van der Waals surface area contributed by atoms with Gasteiger partial charge in [0.1, 0.15) is 17.1 Å². The lowest BCUT2D eigenvalue weighted by Gasteiger charge is -2.48. The highest BCUT2D eigenvalue weighted by molar-refractivity contribution is 5.54. The second kappa shape index (κ2) is 6.44. The van der Waals surface area contributed by atoms with E-state index >= 15 is 0 Å². The highest BCUT2D eigenvalue weighted by Crippen LogP contribution is 2.53. The van der Waals surface area contributed by atoms with E-state index in [1.165, 1.54) is 18.4 Å². The molecule has 2 aliphatic rings. The fraction of sp³-hybridized carbons (Fsp3) is 0.619. The number of phenolic OH excluding ortho intramolecular Hbond substituents is 1. The molecule has 24 heavy (non-hydrogen) atoms. The van der Waals surface area contributed by atoms with Gasteiger partial charge in [-0.25, -0.2) is 0 Å². The van der Waals surface area contributed by atoms with Crippen LogP contribution in [0.5, 0.6) is 11.5 Å². The van der Waals surface area contributed by atoms with Gasteiger partial charge in [0.25, 0.3) is 0 Å². The van der Waals surface area contributed by atoms with Crippen molar-refractivity contribution in [2.75, 3.05) is 0 Å². The van der Waals surface area contributed by atoms with E-state index in [1.54, 1.807) is 0 Å². The number of allylic oxidation sites excluding steroid dienone is 1. The van der Waals surface area contributed by atoms with Crippen LogP contribution in [0.15, 0.2) is 23.8 Å². The molecular formula is C21H30O3. The van der Waals surface area contributed by atoms with Crippen LogP contribution in [0.1, 0.15) is 70.4 Å². The zero-order chi connectivity index (χ0) is 17.5. The number of ether oxygens (including phenoxy) is 1. The van der Waals surface area contributed by atoms with Crippen molar-refractivity contribution in [2.24, 2.45) is 5.92 Å². The molecule has 1 aromatic carbocycles. The number of hydrogen-bond donors (Lipinski definition) is 2. The van der Waals surface area contributed by atoms with Gasteiger partial charge in [-0.2, -0.15) is 0 Å². The Morgan fingerprint density at radius 2 is 2.00 bits per heavy atom. The fourth-order valence-electron chi connectivity index (χ4n) is 4.49. The Kier molecular flexibility index (Phi) is 4.65. The van der Waals surface area contributed by atoms with Crippen LogP contribution >= 0.6 is 0 Å². The Hall–Kier alpha value is -1.48. The zero-order valence-electron chi connectivity index (χ0n) is 15.3. The van der Waals surface area contributed by atoms with Crippen molar-refractivity contribution in [3.05, 3.63) is 34.9 Å². The van der Waals surface area contributed by atoms with Gasteiger partial charge in [-0.3, -0.25) is 0 Å². The maximum Gasteiger partial charge on any atom is 0.127 e. The lowest BCUT2D eigenvalue weighted by Crippen LogP contribution is -2.51. The molecular weight excluding hydrogens is 300 g/mol. The molecule has 1 aliphatic heterocycles. The lowest BCUT2D eigenvalue weighted by atomic mass is 9.66. The average molecular weight is 330 g/mol. The molecule has 3 nitrogen and oxygen atoms in total. The number of unbranched alkanes of at least 4 members (excludes halogenated alkanes) is 2. The Morgan fingerprint density at radius 3 is 2.71 bits per heavy atom. The van der Waals surface area contributed by atoms with Crippen LogP contribution in [0.3, 0.4) is 0 Å². The first kappa shape index (κ1) is 17.3. The van der Waals surface area contributed by atoms with E-state index in [-0.39, 0.29) is 11.8 Å². The molecule has 3 heteroatoms. The Balaban J connectivity index is 2.02. The van der Waals surface area contributed by atoms with E-state index in [1.807, 2.05) is 19.9 Å². The first-order valence-corrected chi connectivity index (χ1v) is 9.23. The molecule has 0 radical (unpaired) electrons. The van der Waals surface area contributed by atoms with E-state index in [0.717, 1.165) is 29.7 Å². The Bertz CT molecular complexity index is 645. The van der Waals surface area contributed by atoms with Gasteiger partial charge in [-0.05, 0) is 57.7 Å². The van der Waals surface area contributed by atoms with Crippen LogP contribution in [0.4, 0.5) is 0 Å². The Labute approximate surface area is 145 Å². The van der Waals surface area contributed by atoms with E-state index in [9.17, 15) is 10.2 Å². The molecule has 3 atom stereocenters. The summed E-state index contributed by atoms with van der Waals surface area (Å²) >= 11 is 0. The number of fused-ring (bicyclic) bond motifs is 3. The molecule has 132 valence electrons. The van der Waals surface area contributed by atoms with Crippen molar-refractivity contribution in [3.63, 3.8) is 0 Å². The summed E-state index contributed by atoms with van der Waals surface area (Å²) in [4.78, 5) is 0. The molecule has 0 amide bonds. The van der Waals surface area contributed by atoms with E-state index in [2.05, 4.69) is 26.0 Å². The standard InChI is InChI=1S/C21H30O3/c1-5-6-7-8-14-11-16(22)19-15-9-13(2)10-17(23)20(15)21(3,4)24-18(19)12-14/h9,11-12,15,17,20,22-23H,5-8,10H2,1-4H3. The molecule has 0 saturated carbocycles. The second-order valence-electron chi connectivity index (χ2n) is 8.03. The molecule has 0 aromatic heterocycles. The lowest BCUT2D eigenvalue weighted by molar-refractivity contribution is -0.0534. The maximum atomic E-state index is 10.7. The maximum absolute atomic E-state index is 10.7. The second-order valence-corrected chi connectivity index (χ2v) is 8.03. The predicted octanol–water partition coefficient (Wildman–Crippen LogP) is 4.71. The van der Waals surface area contributed by atoms with Gasteiger partial charge in [0, 0.05) is 17.4 Å². The third-order valence-electron chi connectivity index (χ3n) is 5.55. The first-order valence-electron chi connectivity index (χ1n) is 9.23. The van der Waals surface area contributed by atoms with E-state index in [4.69, 9.17) is 4.74 Å². The number of aliphatic hydroxyl groups is 1. The molecule has 0 bridgehead atoms. The van der Waals surface area contributed by atoms with Gasteiger partial charge in [0.05, 0.1) is 6.10 Å². The van der Waals surface area contributed by atoms with Crippen LogP contribution in [0.25, 0.3) is 0 Å². The molecule has 0 saturated heterocycles. The molecule has 0 fully saturated rings. The van der Waals surface area contributed by atoms with Crippen LogP contribution in [-0.4, -0.2) is 21.9 Å². The molecule has 2 N–H and O–H groups in total. The monoisotopic (exact) mass is 330 g/mol. The van der Waals surface area contributed by atoms with Gasteiger partial charge in [0.15, 0.2) is 0 Å². The first-order chi connectivity index (χ1) is 11.3. The third kappa shape index (κ3) is 3.06. The molecule has 3 rings (SSSR count). The fourth-order valence-corrected chi connectivity index (χ4v) is 4.49. The summed E-state index contributed by atoms with van der Waals surface area (Å²) in [6.07, 6.45) is 6.92. The van der Waals surface area contributed by atoms with Gasteiger partial charge in [-0.15, -0.1) is 0 Å². The normalized spacial score (nSPS) is 27.7.